The highest BCUT2D eigenvalue weighted by Gasteiger charge is 2.39. The Morgan fingerprint density at radius 1 is 0.770 bits per heavy atom. The molecule has 15 heteroatoms. The molecular weight excluding hydrogens is 805 g/mol. The number of carbonyl (C=O) groups is 4. The number of allylic oxidation sites excluding steroid dienone is 8. The average Bonchev–Trinajstić information content (AvgIpc) is 3.49. The number of esters is 2. The third-order valence-electron chi connectivity index (χ3n) is 10.1. The lowest BCUT2D eigenvalue weighted by molar-refractivity contribution is -0.161. The Balaban J connectivity index is 2.51. The first-order valence-electron chi connectivity index (χ1n) is 22.4. The van der Waals surface area contributed by atoms with E-state index in [2.05, 4.69) is 54.8 Å². The topological polar surface area (TPSA) is 229 Å². The molecule has 1 aliphatic rings. The van der Waals surface area contributed by atoms with Gasteiger partial charge in [-0.15, -0.1) is 0 Å². The zero-order valence-electron chi connectivity index (χ0n) is 36.7. The number of ketones is 1. The molecule has 14 nitrogen and oxygen atoms in total. The Labute approximate surface area is 364 Å². The van der Waals surface area contributed by atoms with Gasteiger partial charge >= 0.3 is 25.7 Å². The van der Waals surface area contributed by atoms with Crippen molar-refractivity contribution in [3.8, 4) is 0 Å². The van der Waals surface area contributed by atoms with Crippen LogP contribution in [0.2, 0.25) is 0 Å². The van der Waals surface area contributed by atoms with Gasteiger partial charge in [-0.25, -0.2) is 4.57 Å². The van der Waals surface area contributed by atoms with Crippen LogP contribution in [-0.4, -0.2) is 88.1 Å². The van der Waals surface area contributed by atoms with Crippen molar-refractivity contribution in [3.63, 3.8) is 0 Å². The number of aliphatic hydroxyl groups excluding tert-OH is 2. The van der Waals surface area contributed by atoms with Gasteiger partial charge in [0.2, 0.25) is 0 Å². The molecule has 348 valence electrons. The standard InChI is InChI=1S/C46H76NO13P/c1-3-5-7-8-9-10-11-12-13-14-15-16-17-18-19-20-26-30-45(52)60-38(35-58-61(55,56)59-36-41(47)46(53)54)34-57-44(51)29-25-22-21-24-28-39-40(43(50)33-42(39)49)32-31-37(48)27-23-6-4-2/h9-10,12-13,15-16,18-19,31-32,37-41,43,48,50H,3-8,11,14,17,20-30,33-36,47H2,1-2H3,(H,53,54)(H,55,56)/b10-9-,13-12-,16-15-,19-18-,32-31+/t37-,38+,39+,40+,41-,43+/m0/s1. The van der Waals surface area contributed by atoms with Crippen molar-refractivity contribution in [1.29, 1.82) is 0 Å². The Kier molecular flexibility index (Phi) is 32.2. The summed E-state index contributed by atoms with van der Waals surface area (Å²) in [7, 11) is -4.79. The third kappa shape index (κ3) is 29.7. The van der Waals surface area contributed by atoms with Crippen LogP contribution in [0.15, 0.2) is 60.8 Å². The third-order valence-corrected chi connectivity index (χ3v) is 11.1. The molecule has 7 atom stereocenters. The van der Waals surface area contributed by atoms with Gasteiger partial charge in [0, 0.05) is 31.1 Å². The molecule has 0 radical (unpaired) electrons. The highest BCUT2D eigenvalue weighted by molar-refractivity contribution is 7.47. The van der Waals surface area contributed by atoms with Crippen molar-refractivity contribution in [3.05, 3.63) is 60.8 Å². The van der Waals surface area contributed by atoms with Crippen molar-refractivity contribution >= 4 is 31.5 Å². The number of hydrogen-bond acceptors (Lipinski definition) is 12. The van der Waals surface area contributed by atoms with Crippen LogP contribution in [0.3, 0.4) is 0 Å². The number of phosphoric ester groups is 1. The van der Waals surface area contributed by atoms with E-state index in [4.69, 9.17) is 24.8 Å². The van der Waals surface area contributed by atoms with Crippen LogP contribution in [-0.2, 0) is 42.3 Å². The minimum atomic E-state index is -4.79. The molecule has 1 aliphatic carbocycles. The fourth-order valence-corrected chi connectivity index (χ4v) is 7.32. The minimum absolute atomic E-state index is 0.0184. The molecule has 0 spiro atoms. The van der Waals surface area contributed by atoms with Gasteiger partial charge < -0.3 is 35.4 Å². The number of Topliss-reactive ketones (excluding diaryl/α,β-unsaturated/α-hetero) is 1. The number of hydrogen-bond donors (Lipinski definition) is 5. The monoisotopic (exact) mass is 882 g/mol. The van der Waals surface area contributed by atoms with E-state index in [1.54, 1.807) is 12.2 Å². The van der Waals surface area contributed by atoms with Crippen LogP contribution in [0.1, 0.15) is 149 Å². The van der Waals surface area contributed by atoms with E-state index in [0.29, 0.717) is 38.5 Å². The lowest BCUT2D eigenvalue weighted by Gasteiger charge is -2.20. The van der Waals surface area contributed by atoms with Gasteiger partial charge in [0.15, 0.2) is 6.10 Å². The summed E-state index contributed by atoms with van der Waals surface area (Å²) in [6.45, 7) is 2.37. The number of phosphoric acid groups is 1. The average molecular weight is 882 g/mol. The molecule has 6 N–H and O–H groups in total. The van der Waals surface area contributed by atoms with E-state index in [0.717, 1.165) is 57.8 Å². The molecule has 1 unspecified atom stereocenters. The number of carboxylic acids is 1. The summed E-state index contributed by atoms with van der Waals surface area (Å²) in [4.78, 5) is 58.8. The summed E-state index contributed by atoms with van der Waals surface area (Å²) in [5, 5.41) is 29.6. The highest BCUT2D eigenvalue weighted by atomic mass is 31.2. The number of rotatable bonds is 37. The van der Waals surface area contributed by atoms with Crippen molar-refractivity contribution in [2.45, 2.75) is 173 Å². The minimum Gasteiger partial charge on any atom is -0.480 e. The summed E-state index contributed by atoms with van der Waals surface area (Å²) in [5.41, 5.74) is 5.33. The first-order valence-corrected chi connectivity index (χ1v) is 23.9. The molecule has 0 aromatic rings. The van der Waals surface area contributed by atoms with Crippen LogP contribution in [0.25, 0.3) is 0 Å². The zero-order valence-corrected chi connectivity index (χ0v) is 37.6. The fourth-order valence-electron chi connectivity index (χ4n) is 6.54. The van der Waals surface area contributed by atoms with Crippen LogP contribution in [0.4, 0.5) is 0 Å². The second kappa shape index (κ2) is 35.3. The van der Waals surface area contributed by atoms with Crippen LogP contribution < -0.4 is 5.73 Å². The zero-order chi connectivity index (χ0) is 45.1. The number of nitrogens with two attached hydrogens (primary N) is 1. The SMILES string of the molecule is CCCCC/C=C\C/C=C\C/C=C\C/C=C\CCCC(=O)O[C@H](COC(=O)CCCCCC[C@H]1C(=O)C[C@@H](O)[C@@H]1/C=C/[C@@H](O)CCCCC)COP(=O)(O)OC[C@H](N)C(=O)O. The Bertz CT molecular complexity index is 1430. The molecule has 1 fully saturated rings. The Morgan fingerprint density at radius 2 is 1.34 bits per heavy atom. The van der Waals surface area contributed by atoms with Crippen LogP contribution >= 0.6 is 7.82 Å². The van der Waals surface area contributed by atoms with Crippen molar-refractivity contribution in [1.82, 2.24) is 0 Å². The van der Waals surface area contributed by atoms with E-state index >= 15 is 0 Å². The van der Waals surface area contributed by atoms with Gasteiger partial charge in [-0.3, -0.25) is 28.2 Å². The van der Waals surface area contributed by atoms with Crippen molar-refractivity contribution in [2.24, 2.45) is 17.6 Å². The normalized spacial score (nSPS) is 19.7. The van der Waals surface area contributed by atoms with E-state index in [-0.39, 0.29) is 36.9 Å². The summed E-state index contributed by atoms with van der Waals surface area (Å²) in [6.07, 6.45) is 33.4. The second-order valence-corrected chi connectivity index (χ2v) is 17.1. The maximum Gasteiger partial charge on any atom is 0.472 e. The number of carboxylic acid groups (broad SMARTS) is 1. The van der Waals surface area contributed by atoms with E-state index in [1.165, 1.54) is 19.3 Å². The van der Waals surface area contributed by atoms with E-state index < -0.39 is 69.9 Å². The number of carbonyl (C=O) groups excluding carboxylic acids is 3. The Morgan fingerprint density at radius 3 is 1.98 bits per heavy atom. The smallest absolute Gasteiger partial charge is 0.472 e. The van der Waals surface area contributed by atoms with Gasteiger partial charge in [-0.05, 0) is 64.2 Å². The van der Waals surface area contributed by atoms with Gasteiger partial charge in [-0.2, -0.15) is 0 Å². The number of aliphatic carboxylic acids is 1. The number of ether oxygens (including phenoxy) is 2. The molecule has 1 saturated carbocycles. The Hall–Kier alpha value is -3.23. The molecule has 0 aromatic heterocycles. The highest BCUT2D eigenvalue weighted by Crippen LogP contribution is 2.43. The van der Waals surface area contributed by atoms with Gasteiger partial charge in [0.05, 0.1) is 25.4 Å². The summed E-state index contributed by atoms with van der Waals surface area (Å²) in [6, 6.07) is -1.57. The maximum absolute atomic E-state index is 12.7. The first-order chi connectivity index (χ1) is 29.3. The molecule has 0 aliphatic heterocycles. The quantitative estimate of drug-likeness (QED) is 0.0171. The summed E-state index contributed by atoms with van der Waals surface area (Å²) < 4.78 is 32.6. The van der Waals surface area contributed by atoms with Gasteiger partial charge in [0.25, 0.3) is 0 Å². The predicted octanol–water partition coefficient (Wildman–Crippen LogP) is 8.54. The molecule has 61 heavy (non-hydrogen) atoms. The molecule has 0 amide bonds. The van der Waals surface area contributed by atoms with Crippen molar-refractivity contribution in [2.75, 3.05) is 19.8 Å². The fraction of sp³-hybridized carbons (Fsp3) is 0.696. The summed E-state index contributed by atoms with van der Waals surface area (Å²) >= 11 is 0. The molecular formula is C46H76NO13P. The number of aliphatic hydroxyl groups is 2. The predicted molar refractivity (Wildman–Crippen MR) is 236 cm³/mol. The first kappa shape index (κ1) is 55.8. The largest absolute Gasteiger partial charge is 0.480 e. The molecule has 0 heterocycles. The van der Waals surface area contributed by atoms with Crippen LogP contribution in [0.5, 0.6) is 0 Å². The summed E-state index contributed by atoms with van der Waals surface area (Å²) in [5.74, 6) is -3.27. The lowest BCUT2D eigenvalue weighted by atomic mass is 9.88. The maximum atomic E-state index is 12.7. The lowest BCUT2D eigenvalue weighted by Crippen LogP contribution is -2.34. The van der Waals surface area contributed by atoms with E-state index in [9.17, 15) is 38.8 Å². The van der Waals surface area contributed by atoms with Gasteiger partial charge in [0.1, 0.15) is 18.4 Å². The number of unbranched alkanes of at least 4 members (excludes halogenated alkanes) is 9. The second-order valence-electron chi connectivity index (χ2n) is 15.6. The van der Waals surface area contributed by atoms with Crippen LogP contribution in [0, 0.1) is 11.8 Å². The van der Waals surface area contributed by atoms with Crippen molar-refractivity contribution < 1.29 is 62.5 Å². The molecule has 0 saturated heterocycles. The molecule has 1 rings (SSSR count). The van der Waals surface area contributed by atoms with Gasteiger partial charge in [-0.1, -0.05) is 126 Å². The molecule has 0 aromatic carbocycles. The van der Waals surface area contributed by atoms with E-state index in [1.807, 2.05) is 12.2 Å². The molecule has 0 bridgehead atoms.